The van der Waals surface area contributed by atoms with Crippen LogP contribution in [0.2, 0.25) is 0 Å². The molecule has 20 nitrogen and oxygen atoms in total. The Morgan fingerprint density at radius 3 is 2.10 bits per heavy atom. The number of carboxylic acid groups (broad SMARTS) is 1. The fourth-order valence-electron chi connectivity index (χ4n) is 7.80. The number of nitrogens with zero attached hydrogens (tertiary/aromatic N) is 3. The number of carbonyl (C=O) groups is 9. The lowest BCUT2D eigenvalue weighted by Crippen LogP contribution is -2.58. The number of carbonyl (C=O) groups excluding carboxylic acids is 8. The lowest BCUT2D eigenvalue weighted by atomic mass is 9.82. The third-order valence-corrected chi connectivity index (χ3v) is 11.5. The predicted molar refractivity (Wildman–Crippen MR) is 257 cm³/mol. The van der Waals surface area contributed by atoms with Gasteiger partial charge in [-0.15, -0.1) is 6.42 Å². The monoisotopic (exact) mass is 1000 g/mol. The van der Waals surface area contributed by atoms with Crippen LogP contribution in [0, 0.1) is 35.3 Å². The summed E-state index contributed by atoms with van der Waals surface area (Å²) in [6.45, 7) is 6.37. The molecule has 0 fully saturated rings. The average molecular weight is 1000 g/mol. The number of terminal acetylenes is 1. The Bertz CT molecular complexity index is 2550. The molecule has 9 N–H and O–H groups in total. The highest BCUT2D eigenvalue weighted by Crippen LogP contribution is 2.41. The van der Waals surface area contributed by atoms with Crippen LogP contribution < -0.4 is 32.3 Å². The number of hydrogen-bond donors (Lipinski definition) is 8. The van der Waals surface area contributed by atoms with E-state index in [1.807, 2.05) is 51.1 Å². The molecule has 4 rings (SSSR count). The van der Waals surface area contributed by atoms with Crippen LogP contribution in [0.25, 0.3) is 11.1 Å². The van der Waals surface area contributed by atoms with Crippen molar-refractivity contribution in [2.24, 2.45) is 17.1 Å². The van der Waals surface area contributed by atoms with Crippen LogP contribution in [0.15, 0.2) is 72.9 Å². The van der Waals surface area contributed by atoms with Gasteiger partial charge in [0.2, 0.25) is 29.5 Å². The maximum atomic E-state index is 15.3. The second-order valence-corrected chi connectivity index (χ2v) is 18.4. The molecule has 8 amide bonds. The molecule has 22 heteroatoms. The van der Waals surface area contributed by atoms with E-state index < -0.39 is 120 Å². The number of aliphatic hydroxyl groups excluding tert-OH is 1. The average Bonchev–Trinajstić information content (AvgIpc) is 3.88. The first-order chi connectivity index (χ1) is 33.9. The Morgan fingerprint density at radius 2 is 1.50 bits per heavy atom. The van der Waals surface area contributed by atoms with E-state index in [-0.39, 0.29) is 56.6 Å². The second-order valence-electron chi connectivity index (χ2n) is 18.4. The smallest absolute Gasteiger partial charge is 0.320 e. The van der Waals surface area contributed by atoms with Crippen molar-refractivity contribution in [3.63, 3.8) is 0 Å². The van der Waals surface area contributed by atoms with E-state index in [4.69, 9.17) is 17.3 Å². The van der Waals surface area contributed by atoms with Crippen molar-refractivity contribution in [3.8, 4) is 23.5 Å². The van der Waals surface area contributed by atoms with Gasteiger partial charge in [-0.3, -0.25) is 48.1 Å². The third-order valence-electron chi connectivity index (χ3n) is 11.5. The highest BCUT2D eigenvalue weighted by atomic mass is 19.1. The molecule has 0 aliphatic carbocycles. The minimum atomic E-state index is -1.77. The number of amides is 8. The summed E-state index contributed by atoms with van der Waals surface area (Å²) in [5.74, 6) is -7.70. The Labute approximate surface area is 415 Å². The van der Waals surface area contributed by atoms with Gasteiger partial charge in [0.25, 0.3) is 17.7 Å². The van der Waals surface area contributed by atoms with Crippen molar-refractivity contribution in [1.82, 2.24) is 41.0 Å². The number of hydrogen-bond acceptors (Lipinski definition) is 11. The van der Waals surface area contributed by atoms with Gasteiger partial charge in [0.1, 0.15) is 42.9 Å². The quantitative estimate of drug-likeness (QED) is 0.0334. The van der Waals surface area contributed by atoms with Crippen LogP contribution in [0.3, 0.4) is 0 Å². The Kier molecular flexibility index (Phi) is 20.4. The number of benzene rings is 2. The van der Waals surface area contributed by atoms with E-state index in [1.54, 1.807) is 30.7 Å². The van der Waals surface area contributed by atoms with Crippen LogP contribution in [0.1, 0.15) is 71.2 Å². The number of nitrogens with one attached hydrogen (secondary N) is 5. The summed E-state index contributed by atoms with van der Waals surface area (Å²) in [6.07, 6.45) is 8.57. The maximum Gasteiger partial charge on any atom is 0.320 e. The molecule has 2 aromatic carbocycles. The number of carboxylic acids is 1. The Balaban J connectivity index is 1.66. The van der Waals surface area contributed by atoms with Gasteiger partial charge in [0, 0.05) is 67.8 Å². The largest absolute Gasteiger partial charge is 0.480 e. The van der Waals surface area contributed by atoms with Crippen molar-refractivity contribution in [3.05, 3.63) is 95.8 Å². The van der Waals surface area contributed by atoms with Crippen LogP contribution in [-0.2, 0) is 49.7 Å². The Hall–Kier alpha value is -7.77. The van der Waals surface area contributed by atoms with Crippen molar-refractivity contribution in [2.75, 3.05) is 32.8 Å². The zero-order valence-corrected chi connectivity index (χ0v) is 40.6. The molecule has 5 atom stereocenters. The van der Waals surface area contributed by atoms with E-state index in [9.17, 15) is 52.6 Å². The summed E-state index contributed by atoms with van der Waals surface area (Å²) in [5.41, 5.74) is 6.09. The molecule has 0 spiro atoms. The van der Waals surface area contributed by atoms with Crippen molar-refractivity contribution in [1.29, 1.82) is 0 Å². The summed E-state index contributed by atoms with van der Waals surface area (Å²) in [4.78, 5) is 118. The second kappa shape index (κ2) is 25.9. The molecule has 0 saturated heterocycles. The van der Waals surface area contributed by atoms with E-state index in [2.05, 4.69) is 32.5 Å². The number of aliphatic hydroxyl groups is 1. The first-order valence-electron chi connectivity index (χ1n) is 23.0. The summed E-state index contributed by atoms with van der Waals surface area (Å²) >= 11 is 0. The van der Waals surface area contributed by atoms with Crippen LogP contribution in [0.5, 0.6) is 0 Å². The standard InChI is InChI=1S/C50H61F2N9O11/c1-7-36(56-48(70)44(29(2)3)58-40(64)27-61-41(65)17-18-42(61)66)47(69)57-37(46(68)55-21-20-54-39(63)16-15-35(53)49(71)72)19-22-60(43(67)28-62)45(50(4,5)6)38-23-31(33-24-32(51)13-14-34(33)52)26-59(38)25-30-11-9-8-10-12-30/h1,8-14,17-18,23-24,26,29,35-37,44-45,62H,15-16,19-22,25,27-28,53H2,2-6H3,(H,54,63)(H,55,68)(H,56,70)(H,57,69)(H,58,64)(H,71,72)/t35-,36-,37-,44-,45-/m0/s1. The minimum Gasteiger partial charge on any atom is -0.480 e. The molecule has 0 unspecified atom stereocenters. The van der Waals surface area contributed by atoms with Gasteiger partial charge in [0.15, 0.2) is 6.04 Å². The summed E-state index contributed by atoms with van der Waals surface area (Å²) in [6, 6.07) is 6.93. The number of halogens is 2. The summed E-state index contributed by atoms with van der Waals surface area (Å²) in [5, 5.41) is 31.9. The molecular weight excluding hydrogens is 941 g/mol. The molecular formula is C50H61F2N9O11. The number of nitrogens with two attached hydrogens (primary N) is 1. The van der Waals surface area contributed by atoms with Gasteiger partial charge < -0.3 is 52.0 Å². The number of rotatable bonds is 25. The fourth-order valence-corrected chi connectivity index (χ4v) is 7.80. The van der Waals surface area contributed by atoms with Crippen molar-refractivity contribution < 1.29 is 62.1 Å². The lowest BCUT2D eigenvalue weighted by molar-refractivity contribution is -0.142. The third kappa shape index (κ3) is 15.9. The van der Waals surface area contributed by atoms with Gasteiger partial charge in [-0.05, 0) is 54.0 Å². The van der Waals surface area contributed by atoms with Crippen molar-refractivity contribution in [2.45, 2.75) is 90.6 Å². The topological polar surface area (TPSA) is 292 Å². The summed E-state index contributed by atoms with van der Waals surface area (Å²) < 4.78 is 31.7. The van der Waals surface area contributed by atoms with Crippen molar-refractivity contribution >= 4 is 53.2 Å². The van der Waals surface area contributed by atoms with Gasteiger partial charge in [0.05, 0.1) is 6.04 Å². The Morgan fingerprint density at radius 1 is 0.847 bits per heavy atom. The highest BCUT2D eigenvalue weighted by molar-refractivity contribution is 6.14. The van der Waals surface area contributed by atoms with Crippen LogP contribution in [0.4, 0.5) is 8.78 Å². The van der Waals surface area contributed by atoms with Crippen LogP contribution in [-0.4, -0.2) is 135 Å². The van der Waals surface area contributed by atoms with Crippen LogP contribution >= 0.6 is 0 Å². The SMILES string of the molecule is C#C[C@H](NC(=O)[C@@H](NC(=O)CN1C(=O)C=CC1=O)C(C)C)C(=O)N[C@@H](CCN(C(=O)CO)[C@@H](c1cc(-c2cc(F)ccc2F)cn1Cc1ccccc1)C(C)(C)C)C(=O)NCCNC(=O)CC[C@H](N)C(=O)O. The lowest BCUT2D eigenvalue weighted by Gasteiger charge is -2.41. The minimum absolute atomic E-state index is 0.0555. The molecule has 0 saturated carbocycles. The van der Waals surface area contributed by atoms with E-state index >= 15 is 4.39 Å². The number of imide groups is 1. The van der Waals surface area contributed by atoms with E-state index in [0.717, 1.165) is 35.9 Å². The van der Waals surface area contributed by atoms with Gasteiger partial charge in [-0.2, -0.15) is 0 Å². The van der Waals surface area contributed by atoms with E-state index in [1.165, 1.54) is 4.90 Å². The number of aromatic nitrogens is 1. The molecule has 0 radical (unpaired) electrons. The highest BCUT2D eigenvalue weighted by Gasteiger charge is 2.39. The normalized spacial score (nSPS) is 14.4. The molecule has 386 valence electrons. The first kappa shape index (κ1) is 56.8. The molecule has 1 aromatic heterocycles. The molecule has 3 aromatic rings. The first-order valence-corrected chi connectivity index (χ1v) is 23.0. The molecule has 0 bridgehead atoms. The number of aliphatic carboxylic acids is 1. The zero-order chi connectivity index (χ0) is 53.4. The maximum absolute atomic E-state index is 15.3. The fraction of sp³-hybridized carbons (Fsp3) is 0.420. The van der Waals surface area contributed by atoms with Gasteiger partial charge in [-0.25, -0.2) is 8.78 Å². The molecule has 1 aliphatic heterocycles. The zero-order valence-electron chi connectivity index (χ0n) is 40.6. The van der Waals surface area contributed by atoms with E-state index in [0.29, 0.717) is 10.6 Å². The summed E-state index contributed by atoms with van der Waals surface area (Å²) in [7, 11) is 0. The molecule has 1 aliphatic rings. The molecule has 72 heavy (non-hydrogen) atoms. The van der Waals surface area contributed by atoms with Gasteiger partial charge in [-0.1, -0.05) is 70.9 Å². The molecule has 2 heterocycles. The predicted octanol–water partition coefficient (Wildman–Crippen LogP) is 0.873. The van der Waals surface area contributed by atoms with Gasteiger partial charge >= 0.3 is 5.97 Å².